The largest absolute Gasteiger partial charge is 0.394 e. The van der Waals surface area contributed by atoms with E-state index in [9.17, 15) is 5.11 Å². The van der Waals surface area contributed by atoms with Gasteiger partial charge in [-0.3, -0.25) is 0 Å². The van der Waals surface area contributed by atoms with Crippen molar-refractivity contribution in [1.82, 2.24) is 14.5 Å². The summed E-state index contributed by atoms with van der Waals surface area (Å²) >= 11 is 6.14. The molecule has 7 heteroatoms. The number of nitrogens with two attached hydrogens (primary N) is 1. The molecule has 1 aliphatic rings. The Kier molecular flexibility index (Phi) is 3.88. The average molecular weight is 345 g/mol. The molecule has 124 valence electrons. The SMILES string of the molecule is Nc1ncnc2c1c(-c1cccc(Cl)c1)cn2C1CCC(CO)O1. The summed E-state index contributed by atoms with van der Waals surface area (Å²) in [4.78, 5) is 8.53. The van der Waals surface area contributed by atoms with Crippen molar-refractivity contribution in [1.29, 1.82) is 0 Å². The van der Waals surface area contributed by atoms with Gasteiger partial charge in [0.05, 0.1) is 18.1 Å². The zero-order chi connectivity index (χ0) is 16.7. The second-order valence-corrected chi connectivity index (χ2v) is 6.33. The van der Waals surface area contributed by atoms with E-state index >= 15 is 0 Å². The highest BCUT2D eigenvalue weighted by atomic mass is 35.5. The zero-order valence-electron chi connectivity index (χ0n) is 12.9. The standard InChI is InChI=1S/C17H17ClN4O2/c18-11-3-1-2-10(6-11)13-7-22(14-5-4-12(8-23)24-14)17-15(13)16(19)20-9-21-17/h1-3,6-7,9,12,14,23H,4-5,8H2,(H2,19,20,21). The first-order valence-corrected chi connectivity index (χ1v) is 8.18. The van der Waals surface area contributed by atoms with Gasteiger partial charge in [-0.1, -0.05) is 23.7 Å². The van der Waals surface area contributed by atoms with Crippen LogP contribution >= 0.6 is 11.6 Å². The Morgan fingerprint density at radius 2 is 2.21 bits per heavy atom. The van der Waals surface area contributed by atoms with Crippen LogP contribution in [0.15, 0.2) is 36.8 Å². The zero-order valence-corrected chi connectivity index (χ0v) is 13.6. The van der Waals surface area contributed by atoms with E-state index in [1.807, 2.05) is 35.0 Å². The highest BCUT2D eigenvalue weighted by Crippen LogP contribution is 2.38. The summed E-state index contributed by atoms with van der Waals surface area (Å²) in [6.45, 7) is 0.0218. The number of nitrogens with zero attached hydrogens (tertiary/aromatic N) is 3. The minimum absolute atomic E-state index is 0.0218. The predicted octanol–water partition coefficient (Wildman–Crippen LogP) is 3.00. The molecule has 3 aromatic rings. The van der Waals surface area contributed by atoms with Crippen LogP contribution in [0.5, 0.6) is 0 Å². The van der Waals surface area contributed by atoms with Gasteiger partial charge in [0.1, 0.15) is 24.0 Å². The van der Waals surface area contributed by atoms with Gasteiger partial charge in [0, 0.05) is 16.8 Å². The van der Waals surface area contributed by atoms with Gasteiger partial charge in [-0.15, -0.1) is 0 Å². The molecule has 1 aliphatic heterocycles. The predicted molar refractivity (Wildman–Crippen MR) is 92.6 cm³/mol. The molecular weight excluding hydrogens is 328 g/mol. The molecule has 1 fully saturated rings. The molecule has 0 aliphatic carbocycles. The third-order valence-electron chi connectivity index (χ3n) is 4.37. The van der Waals surface area contributed by atoms with Gasteiger partial charge >= 0.3 is 0 Å². The number of rotatable bonds is 3. The lowest BCUT2D eigenvalue weighted by molar-refractivity contribution is -0.0204. The van der Waals surface area contributed by atoms with Gasteiger partial charge in [-0.2, -0.15) is 0 Å². The molecule has 0 amide bonds. The monoisotopic (exact) mass is 344 g/mol. The first-order chi connectivity index (χ1) is 11.7. The van der Waals surface area contributed by atoms with Crippen molar-refractivity contribution in [3.8, 4) is 11.1 Å². The quantitative estimate of drug-likeness (QED) is 0.762. The fourth-order valence-electron chi connectivity index (χ4n) is 3.23. The Hall–Kier alpha value is -2.15. The smallest absolute Gasteiger partial charge is 0.148 e. The molecule has 2 unspecified atom stereocenters. The van der Waals surface area contributed by atoms with Crippen LogP contribution in [0.3, 0.4) is 0 Å². The van der Waals surface area contributed by atoms with Crippen LogP contribution in [-0.2, 0) is 4.74 Å². The van der Waals surface area contributed by atoms with Crippen LogP contribution in [-0.4, -0.2) is 32.4 Å². The van der Waals surface area contributed by atoms with E-state index < -0.39 is 0 Å². The second-order valence-electron chi connectivity index (χ2n) is 5.89. The van der Waals surface area contributed by atoms with Crippen molar-refractivity contribution < 1.29 is 9.84 Å². The number of aromatic nitrogens is 3. The summed E-state index contributed by atoms with van der Waals surface area (Å²) < 4.78 is 7.87. The number of hydrogen-bond donors (Lipinski definition) is 2. The summed E-state index contributed by atoms with van der Waals surface area (Å²) in [7, 11) is 0. The summed E-state index contributed by atoms with van der Waals surface area (Å²) in [5.41, 5.74) is 8.71. The summed E-state index contributed by atoms with van der Waals surface area (Å²) in [6.07, 6.45) is 4.75. The number of benzene rings is 1. The van der Waals surface area contributed by atoms with E-state index in [4.69, 9.17) is 22.1 Å². The number of anilines is 1. The Balaban J connectivity index is 1.89. The lowest BCUT2D eigenvalue weighted by atomic mass is 10.1. The van der Waals surface area contributed by atoms with E-state index in [0.717, 1.165) is 35.0 Å². The van der Waals surface area contributed by atoms with E-state index in [-0.39, 0.29) is 18.9 Å². The number of halogens is 1. The molecule has 6 nitrogen and oxygen atoms in total. The molecule has 0 spiro atoms. The fourth-order valence-corrected chi connectivity index (χ4v) is 3.42. The highest BCUT2D eigenvalue weighted by molar-refractivity contribution is 6.31. The lowest BCUT2D eigenvalue weighted by Crippen LogP contribution is -2.14. The van der Waals surface area contributed by atoms with Crippen molar-refractivity contribution >= 4 is 28.5 Å². The maximum atomic E-state index is 9.31. The second kappa shape index (κ2) is 6.05. The minimum Gasteiger partial charge on any atom is -0.394 e. The Bertz CT molecular complexity index is 895. The topological polar surface area (TPSA) is 86.2 Å². The van der Waals surface area contributed by atoms with Crippen molar-refractivity contribution in [2.75, 3.05) is 12.3 Å². The van der Waals surface area contributed by atoms with Crippen LogP contribution in [0.1, 0.15) is 19.1 Å². The molecular formula is C17H17ClN4O2. The summed E-state index contributed by atoms with van der Waals surface area (Å²) in [5, 5.41) is 10.7. The van der Waals surface area contributed by atoms with Crippen LogP contribution in [0.2, 0.25) is 5.02 Å². The van der Waals surface area contributed by atoms with E-state index in [0.29, 0.717) is 10.8 Å². The number of fused-ring (bicyclic) bond motifs is 1. The Labute approximate surface area is 143 Å². The minimum atomic E-state index is -0.174. The number of ether oxygens (including phenoxy) is 1. The molecule has 1 saturated heterocycles. The molecule has 2 atom stereocenters. The van der Waals surface area contributed by atoms with Gasteiger partial charge in [0.2, 0.25) is 0 Å². The number of aliphatic hydroxyl groups excluding tert-OH is 1. The van der Waals surface area contributed by atoms with Crippen molar-refractivity contribution in [3.63, 3.8) is 0 Å². The first kappa shape index (κ1) is 15.4. The van der Waals surface area contributed by atoms with E-state index in [2.05, 4.69) is 9.97 Å². The van der Waals surface area contributed by atoms with E-state index in [1.54, 1.807) is 0 Å². The van der Waals surface area contributed by atoms with Crippen LogP contribution < -0.4 is 5.73 Å². The Morgan fingerprint density at radius 1 is 1.33 bits per heavy atom. The number of hydrogen-bond acceptors (Lipinski definition) is 5. The average Bonchev–Trinajstić information content (AvgIpc) is 3.19. The van der Waals surface area contributed by atoms with E-state index in [1.165, 1.54) is 6.33 Å². The van der Waals surface area contributed by atoms with Gasteiger partial charge < -0.3 is 20.1 Å². The van der Waals surface area contributed by atoms with Gasteiger partial charge in [-0.05, 0) is 30.5 Å². The third-order valence-corrected chi connectivity index (χ3v) is 4.61. The van der Waals surface area contributed by atoms with Crippen LogP contribution in [0.25, 0.3) is 22.2 Å². The molecule has 2 aromatic heterocycles. The van der Waals surface area contributed by atoms with Crippen LogP contribution in [0.4, 0.5) is 5.82 Å². The fraction of sp³-hybridized carbons (Fsp3) is 0.294. The molecule has 1 aromatic carbocycles. The van der Waals surface area contributed by atoms with Crippen LogP contribution in [0, 0.1) is 0 Å². The van der Waals surface area contributed by atoms with Gasteiger partial charge in [-0.25, -0.2) is 9.97 Å². The normalized spacial score (nSPS) is 20.8. The van der Waals surface area contributed by atoms with Gasteiger partial charge in [0.25, 0.3) is 0 Å². The lowest BCUT2D eigenvalue weighted by Gasteiger charge is -2.14. The maximum Gasteiger partial charge on any atom is 0.148 e. The molecule has 0 saturated carbocycles. The Morgan fingerprint density at radius 3 is 2.96 bits per heavy atom. The highest BCUT2D eigenvalue weighted by Gasteiger charge is 2.28. The number of aliphatic hydroxyl groups is 1. The third kappa shape index (κ3) is 2.53. The molecule has 0 bridgehead atoms. The molecule has 3 N–H and O–H groups in total. The molecule has 0 radical (unpaired) electrons. The van der Waals surface area contributed by atoms with Crippen molar-refractivity contribution in [2.45, 2.75) is 25.2 Å². The van der Waals surface area contributed by atoms with Gasteiger partial charge in [0.15, 0.2) is 0 Å². The first-order valence-electron chi connectivity index (χ1n) is 7.80. The number of nitrogen functional groups attached to an aromatic ring is 1. The van der Waals surface area contributed by atoms with Crippen molar-refractivity contribution in [2.24, 2.45) is 0 Å². The molecule has 24 heavy (non-hydrogen) atoms. The maximum absolute atomic E-state index is 9.31. The van der Waals surface area contributed by atoms with Crippen molar-refractivity contribution in [3.05, 3.63) is 41.8 Å². The summed E-state index contributed by atoms with van der Waals surface area (Å²) in [5.74, 6) is 0.422. The molecule has 4 rings (SSSR count). The molecule has 3 heterocycles. The summed E-state index contributed by atoms with van der Waals surface area (Å²) in [6, 6.07) is 7.59.